The second-order valence-electron chi connectivity index (χ2n) is 0.492. The van der Waals surface area contributed by atoms with Crippen LogP contribution in [0.5, 0.6) is 0 Å². The van der Waals surface area contributed by atoms with Gasteiger partial charge in [0.15, 0.2) is 0 Å². The quantitative estimate of drug-likeness (QED) is 0.301. The zero-order valence-electron chi connectivity index (χ0n) is 4.69. The molecular formula is C2H3FNa2O2. The molecule has 2 nitrogen and oxygen atoms in total. The molecule has 5 heteroatoms. The Labute approximate surface area is 85.6 Å². The molecule has 0 atom stereocenters. The Morgan fingerprint density at radius 3 is 1.43 bits per heavy atom. The van der Waals surface area contributed by atoms with E-state index in [4.69, 9.17) is 9.90 Å². The number of hydrogen-bond acceptors (Lipinski definition) is 2. The van der Waals surface area contributed by atoms with Gasteiger partial charge in [-0.15, -0.1) is 0 Å². The van der Waals surface area contributed by atoms with Gasteiger partial charge in [-0.1, -0.05) is 0 Å². The Hall–Kier alpha value is 1.40. The molecule has 0 rings (SSSR count). The van der Waals surface area contributed by atoms with Crippen molar-refractivity contribution in [3.8, 4) is 0 Å². The molecule has 0 N–H and O–H groups in total. The van der Waals surface area contributed by atoms with Crippen LogP contribution in [0.2, 0.25) is 0 Å². The van der Waals surface area contributed by atoms with Crippen molar-refractivity contribution in [2.24, 2.45) is 0 Å². The zero-order valence-corrected chi connectivity index (χ0v) is 8.69. The molecule has 0 fully saturated rings. The Morgan fingerprint density at radius 1 is 1.43 bits per heavy atom. The molecule has 0 unspecified atom stereocenters. The molecule has 0 aromatic carbocycles. The van der Waals surface area contributed by atoms with Gasteiger partial charge >= 0.3 is 59.1 Å². The van der Waals surface area contributed by atoms with Crippen LogP contribution in [0.25, 0.3) is 0 Å². The molecule has 0 radical (unpaired) electrons. The second-order valence-corrected chi connectivity index (χ2v) is 0.492. The van der Waals surface area contributed by atoms with E-state index in [0.717, 1.165) is 6.92 Å². The van der Waals surface area contributed by atoms with E-state index >= 15 is 0 Å². The van der Waals surface area contributed by atoms with E-state index in [-0.39, 0.29) is 63.8 Å². The van der Waals surface area contributed by atoms with Crippen LogP contribution < -0.4 is 68.9 Å². The van der Waals surface area contributed by atoms with Crippen LogP contribution in [-0.2, 0) is 4.79 Å². The summed E-state index contributed by atoms with van der Waals surface area (Å²) in [6.07, 6.45) is 0. The van der Waals surface area contributed by atoms with Crippen molar-refractivity contribution in [2.75, 3.05) is 0 Å². The number of carbonyl (C=O) groups is 1. The minimum absolute atomic E-state index is 0. The molecular weight excluding hydrogens is 121 g/mol. The Balaban J connectivity index is -0.0000000150. The van der Waals surface area contributed by atoms with Crippen molar-refractivity contribution in [1.29, 1.82) is 0 Å². The largest absolute Gasteiger partial charge is 1.00 e. The molecule has 32 valence electrons. The molecule has 0 bridgehead atoms. The third-order valence-corrected chi connectivity index (χ3v) is 0. The third kappa shape index (κ3) is 110. The third-order valence-electron chi connectivity index (χ3n) is 0. The van der Waals surface area contributed by atoms with Gasteiger partial charge in [0.05, 0.1) is 0 Å². The van der Waals surface area contributed by atoms with Gasteiger partial charge in [0, 0.05) is 5.97 Å². The smallest absolute Gasteiger partial charge is 1.00 e. The average Bonchev–Trinajstić information content (AvgIpc) is 0.811. The van der Waals surface area contributed by atoms with E-state index in [2.05, 4.69) is 0 Å². The summed E-state index contributed by atoms with van der Waals surface area (Å²) in [4.78, 5) is 8.89. The van der Waals surface area contributed by atoms with Gasteiger partial charge in [0.25, 0.3) is 0 Å². The fourth-order valence-electron chi connectivity index (χ4n) is 0. The fourth-order valence-corrected chi connectivity index (χ4v) is 0. The van der Waals surface area contributed by atoms with Crippen molar-refractivity contribution in [2.45, 2.75) is 6.92 Å². The van der Waals surface area contributed by atoms with Gasteiger partial charge < -0.3 is 14.6 Å². The maximum Gasteiger partial charge on any atom is 1.00 e. The first kappa shape index (κ1) is 23.8. The van der Waals surface area contributed by atoms with Crippen LogP contribution in [0.15, 0.2) is 0 Å². The van der Waals surface area contributed by atoms with E-state index in [0.29, 0.717) is 0 Å². The summed E-state index contributed by atoms with van der Waals surface area (Å²) in [6.45, 7) is 0.972. The Kier molecular flexibility index (Phi) is 53.1. The first-order valence-corrected chi connectivity index (χ1v) is 0.908. The molecule has 0 heterocycles. The van der Waals surface area contributed by atoms with E-state index < -0.39 is 5.97 Å². The number of halogens is 1. The average molecular weight is 124 g/mol. The van der Waals surface area contributed by atoms with Crippen LogP contribution >= 0.6 is 0 Å². The summed E-state index contributed by atoms with van der Waals surface area (Å²) in [7, 11) is 0. The molecule has 7 heavy (non-hydrogen) atoms. The molecule has 0 aliphatic carbocycles. The Bertz CT molecular complexity index is 36.7. The monoisotopic (exact) mass is 124 g/mol. The molecule has 0 saturated heterocycles. The van der Waals surface area contributed by atoms with Gasteiger partial charge in [0.1, 0.15) is 0 Å². The molecule has 0 spiro atoms. The maximum absolute atomic E-state index is 8.89. The maximum atomic E-state index is 8.89. The summed E-state index contributed by atoms with van der Waals surface area (Å²) in [5.41, 5.74) is 0. The summed E-state index contributed by atoms with van der Waals surface area (Å²) < 4.78 is 0. The minimum Gasteiger partial charge on any atom is -1.00 e. The molecule has 0 amide bonds. The van der Waals surface area contributed by atoms with E-state index in [1.54, 1.807) is 0 Å². The molecule has 0 aromatic rings. The predicted octanol–water partition coefficient (Wildman–Crippen LogP) is -10.2. The number of hydrogen-bond donors (Lipinski definition) is 0. The van der Waals surface area contributed by atoms with Crippen molar-refractivity contribution in [3.05, 3.63) is 0 Å². The molecule has 0 aliphatic rings. The number of carboxylic acid groups (broad SMARTS) is 1. The standard InChI is InChI=1S/C2H4O2.FH.2Na/c1-2(3)4;;;/h1H3,(H,3,4);1H;;/q;;2*+1/p-2. The SMILES string of the molecule is CC(=O)[O-].[F-].[Na+].[Na+]. The molecule has 0 saturated carbocycles. The van der Waals surface area contributed by atoms with Gasteiger partial charge in [-0.05, 0) is 6.92 Å². The van der Waals surface area contributed by atoms with Crippen molar-refractivity contribution in [1.82, 2.24) is 0 Å². The zero-order chi connectivity index (χ0) is 3.58. The second kappa shape index (κ2) is 15.7. The summed E-state index contributed by atoms with van der Waals surface area (Å²) in [6, 6.07) is 0. The van der Waals surface area contributed by atoms with Crippen LogP contribution in [0.4, 0.5) is 0 Å². The number of aliphatic carboxylic acids is 1. The normalized spacial score (nSPS) is 3.57. The summed E-state index contributed by atoms with van der Waals surface area (Å²) >= 11 is 0. The number of carboxylic acids is 1. The summed E-state index contributed by atoms with van der Waals surface area (Å²) in [5, 5.41) is 8.89. The summed E-state index contributed by atoms with van der Waals surface area (Å²) in [5.74, 6) is -1.08. The van der Waals surface area contributed by atoms with Crippen LogP contribution in [0.3, 0.4) is 0 Å². The number of carbonyl (C=O) groups excluding carboxylic acids is 1. The molecule has 0 aliphatic heterocycles. The number of rotatable bonds is 0. The van der Waals surface area contributed by atoms with Gasteiger partial charge in [0.2, 0.25) is 0 Å². The van der Waals surface area contributed by atoms with E-state index in [9.17, 15) is 0 Å². The van der Waals surface area contributed by atoms with Crippen LogP contribution in [0.1, 0.15) is 6.92 Å². The molecule has 0 aromatic heterocycles. The first-order valence-electron chi connectivity index (χ1n) is 0.908. The topological polar surface area (TPSA) is 40.1 Å². The van der Waals surface area contributed by atoms with Crippen molar-refractivity contribution < 1.29 is 73.7 Å². The van der Waals surface area contributed by atoms with Crippen molar-refractivity contribution >= 4 is 5.97 Å². The van der Waals surface area contributed by atoms with Crippen LogP contribution in [0, 0.1) is 0 Å². The van der Waals surface area contributed by atoms with E-state index in [1.165, 1.54) is 0 Å². The van der Waals surface area contributed by atoms with E-state index in [1.807, 2.05) is 0 Å². The van der Waals surface area contributed by atoms with Crippen LogP contribution in [-0.4, -0.2) is 5.97 Å². The first-order chi connectivity index (χ1) is 1.73. The predicted molar refractivity (Wildman–Crippen MR) is 10.7 cm³/mol. The van der Waals surface area contributed by atoms with Crippen molar-refractivity contribution in [3.63, 3.8) is 0 Å². The minimum atomic E-state index is -1.08. The Morgan fingerprint density at radius 2 is 1.43 bits per heavy atom. The van der Waals surface area contributed by atoms with Gasteiger partial charge in [-0.3, -0.25) is 0 Å². The van der Waals surface area contributed by atoms with Gasteiger partial charge in [-0.2, -0.15) is 0 Å². The van der Waals surface area contributed by atoms with Gasteiger partial charge in [-0.25, -0.2) is 0 Å². The fraction of sp³-hybridized carbons (Fsp3) is 0.500.